The molecule has 6 atom stereocenters. The predicted molar refractivity (Wildman–Crippen MR) is 215 cm³/mol. The van der Waals surface area contributed by atoms with Crippen LogP contribution in [-0.4, -0.2) is 89.0 Å². The number of aliphatic hydroxyl groups is 4. The zero-order valence-corrected chi connectivity index (χ0v) is 33.7. The van der Waals surface area contributed by atoms with E-state index in [2.05, 4.69) is 62.5 Å². The van der Waals surface area contributed by atoms with E-state index in [-0.39, 0.29) is 26.1 Å². The zero-order valence-electron chi connectivity index (χ0n) is 33.7. The fourth-order valence-corrected chi connectivity index (χ4v) is 6.00. The Balaban J connectivity index is 2.40. The highest BCUT2D eigenvalue weighted by atomic mass is 16.7. The van der Waals surface area contributed by atoms with Crippen LogP contribution in [-0.2, 0) is 28.5 Å². The molecule has 0 saturated carbocycles. The molecule has 1 fully saturated rings. The normalized spacial score (nSPS) is 21.2. The highest BCUT2D eigenvalue weighted by Gasteiger charge is 2.44. The second kappa shape index (κ2) is 35.1. The van der Waals surface area contributed by atoms with Crippen molar-refractivity contribution in [3.63, 3.8) is 0 Å². The van der Waals surface area contributed by atoms with Crippen LogP contribution >= 0.6 is 0 Å². The van der Waals surface area contributed by atoms with Crippen molar-refractivity contribution in [3.8, 4) is 0 Å². The highest BCUT2D eigenvalue weighted by molar-refractivity contribution is 5.70. The van der Waals surface area contributed by atoms with Gasteiger partial charge < -0.3 is 39.4 Å². The molecule has 0 aromatic rings. The van der Waals surface area contributed by atoms with E-state index in [4.69, 9.17) is 18.9 Å². The summed E-state index contributed by atoms with van der Waals surface area (Å²) in [5.74, 6) is -0.865. The van der Waals surface area contributed by atoms with Gasteiger partial charge in [-0.05, 0) is 70.6 Å². The van der Waals surface area contributed by atoms with Crippen LogP contribution < -0.4 is 0 Å². The van der Waals surface area contributed by atoms with Crippen LogP contribution in [0.4, 0.5) is 0 Å². The van der Waals surface area contributed by atoms with Crippen molar-refractivity contribution < 1.29 is 49.0 Å². The van der Waals surface area contributed by atoms with Gasteiger partial charge in [0.25, 0.3) is 0 Å². The van der Waals surface area contributed by atoms with Gasteiger partial charge in [-0.15, -0.1) is 0 Å². The first-order valence-corrected chi connectivity index (χ1v) is 21.2. The molecule has 0 aromatic heterocycles. The lowest BCUT2D eigenvalue weighted by atomic mass is 9.99. The molecule has 1 saturated heterocycles. The van der Waals surface area contributed by atoms with Crippen LogP contribution in [0.3, 0.4) is 0 Å². The zero-order chi connectivity index (χ0) is 39.5. The maximum atomic E-state index is 12.7. The van der Waals surface area contributed by atoms with Crippen LogP contribution in [0.15, 0.2) is 48.6 Å². The van der Waals surface area contributed by atoms with Crippen molar-refractivity contribution in [1.82, 2.24) is 0 Å². The fraction of sp³-hybridized carbons (Fsp3) is 0.773. The molecule has 0 bridgehead atoms. The molecule has 4 N–H and O–H groups in total. The number of allylic oxidation sites excluding steroid dienone is 8. The largest absolute Gasteiger partial charge is 0.462 e. The molecule has 1 heterocycles. The van der Waals surface area contributed by atoms with Gasteiger partial charge in [0, 0.05) is 12.8 Å². The van der Waals surface area contributed by atoms with Crippen LogP contribution in [0, 0.1) is 0 Å². The summed E-state index contributed by atoms with van der Waals surface area (Å²) in [5, 5.41) is 40.0. The number of rotatable bonds is 34. The number of unbranched alkanes of at least 4 members (excludes halogenated alkanes) is 15. The van der Waals surface area contributed by atoms with Gasteiger partial charge in [-0.3, -0.25) is 9.59 Å². The van der Waals surface area contributed by atoms with E-state index in [1.165, 1.54) is 51.4 Å². The molecule has 54 heavy (non-hydrogen) atoms. The van der Waals surface area contributed by atoms with Crippen LogP contribution in [0.5, 0.6) is 0 Å². The van der Waals surface area contributed by atoms with Crippen molar-refractivity contribution in [2.24, 2.45) is 0 Å². The number of ether oxygens (including phenoxy) is 4. The SMILES string of the molecule is CCCC/C=C/C/C=C/CCCCCCCC(=O)O[C@@H](COC(=O)CCCC/C=C/C/C=C/CCCCCCCC)CO[C@H]1O[C@@H](CO)[C@@H](O)C(O)C1O. The van der Waals surface area contributed by atoms with E-state index in [9.17, 15) is 30.0 Å². The second-order valence-corrected chi connectivity index (χ2v) is 14.4. The van der Waals surface area contributed by atoms with E-state index in [0.717, 1.165) is 70.6 Å². The lowest BCUT2D eigenvalue weighted by Gasteiger charge is -2.39. The Morgan fingerprint density at radius 1 is 0.574 bits per heavy atom. The minimum atomic E-state index is -1.60. The molecule has 0 radical (unpaired) electrons. The minimum absolute atomic E-state index is 0.206. The third-order valence-electron chi connectivity index (χ3n) is 9.44. The third-order valence-corrected chi connectivity index (χ3v) is 9.44. The Hall–Kier alpha value is -2.34. The van der Waals surface area contributed by atoms with Crippen LogP contribution in [0.2, 0.25) is 0 Å². The molecule has 1 aliphatic rings. The van der Waals surface area contributed by atoms with Gasteiger partial charge in [-0.2, -0.15) is 0 Å². The first-order chi connectivity index (χ1) is 26.3. The van der Waals surface area contributed by atoms with E-state index >= 15 is 0 Å². The Morgan fingerprint density at radius 2 is 1.06 bits per heavy atom. The number of aliphatic hydroxyl groups excluding tert-OH is 4. The summed E-state index contributed by atoms with van der Waals surface area (Å²) in [6, 6.07) is 0. The maximum absolute atomic E-state index is 12.7. The maximum Gasteiger partial charge on any atom is 0.306 e. The lowest BCUT2D eigenvalue weighted by molar-refractivity contribution is -0.305. The van der Waals surface area contributed by atoms with Crippen molar-refractivity contribution in [3.05, 3.63) is 48.6 Å². The fourth-order valence-electron chi connectivity index (χ4n) is 6.00. The standard InChI is InChI=1S/C44H76O10/c1-3-5-7-9-11-13-15-17-19-21-22-24-26-28-30-32-39(46)51-35-37(36-52-44-43(50)42(49)41(48)38(34-45)54-44)53-40(47)33-31-29-27-25-23-20-18-16-14-12-10-8-6-4-2/h10,12,16-19,22,24,37-38,41-45,48-50H,3-9,11,13-15,20-21,23,25-36H2,1-2H3/b12-10+,18-16+,19-17+,24-22+/t37-,38-,41+,42?,43?,44-/m0/s1. The van der Waals surface area contributed by atoms with Gasteiger partial charge in [0.1, 0.15) is 31.0 Å². The number of hydrogen-bond donors (Lipinski definition) is 4. The van der Waals surface area contributed by atoms with Gasteiger partial charge in [-0.25, -0.2) is 0 Å². The molecular formula is C44H76O10. The van der Waals surface area contributed by atoms with Gasteiger partial charge in [-0.1, -0.05) is 127 Å². The quantitative estimate of drug-likeness (QED) is 0.0285. The first kappa shape index (κ1) is 49.7. The molecule has 0 amide bonds. The van der Waals surface area contributed by atoms with Crippen molar-refractivity contribution in [2.75, 3.05) is 19.8 Å². The number of esters is 2. The molecule has 10 nitrogen and oxygen atoms in total. The number of hydrogen-bond acceptors (Lipinski definition) is 10. The summed E-state index contributed by atoms with van der Waals surface area (Å²) in [7, 11) is 0. The van der Waals surface area contributed by atoms with Crippen LogP contribution in [0.1, 0.15) is 162 Å². The molecule has 0 aliphatic carbocycles. The molecule has 1 rings (SSSR count). The topological polar surface area (TPSA) is 152 Å². The Labute approximate surface area is 327 Å². The third kappa shape index (κ3) is 26.5. The molecule has 10 heteroatoms. The monoisotopic (exact) mass is 765 g/mol. The molecule has 2 unspecified atom stereocenters. The molecule has 312 valence electrons. The van der Waals surface area contributed by atoms with Crippen molar-refractivity contribution >= 4 is 11.9 Å². The van der Waals surface area contributed by atoms with Gasteiger partial charge in [0.05, 0.1) is 13.2 Å². The van der Waals surface area contributed by atoms with Gasteiger partial charge in [0.15, 0.2) is 12.4 Å². The Kier molecular flexibility index (Phi) is 32.3. The average molecular weight is 765 g/mol. The Morgan fingerprint density at radius 3 is 1.63 bits per heavy atom. The van der Waals surface area contributed by atoms with Gasteiger partial charge in [0.2, 0.25) is 0 Å². The Bertz CT molecular complexity index is 1020. The molecular weight excluding hydrogens is 688 g/mol. The summed E-state index contributed by atoms with van der Waals surface area (Å²) in [6.07, 6.45) is 32.6. The summed E-state index contributed by atoms with van der Waals surface area (Å²) in [4.78, 5) is 25.2. The molecule has 1 aliphatic heterocycles. The minimum Gasteiger partial charge on any atom is -0.462 e. The average Bonchev–Trinajstić information content (AvgIpc) is 3.17. The van der Waals surface area contributed by atoms with Crippen molar-refractivity contribution in [2.45, 2.75) is 198 Å². The van der Waals surface area contributed by atoms with E-state index < -0.39 is 55.4 Å². The summed E-state index contributed by atoms with van der Waals surface area (Å²) < 4.78 is 22.1. The predicted octanol–water partition coefficient (Wildman–Crippen LogP) is 8.49. The highest BCUT2D eigenvalue weighted by Crippen LogP contribution is 2.22. The second-order valence-electron chi connectivity index (χ2n) is 14.4. The summed E-state index contributed by atoms with van der Waals surface area (Å²) >= 11 is 0. The molecule has 0 spiro atoms. The number of carbonyl (C=O) groups is 2. The number of carbonyl (C=O) groups excluding carboxylic acids is 2. The smallest absolute Gasteiger partial charge is 0.306 e. The summed E-state index contributed by atoms with van der Waals surface area (Å²) in [5.41, 5.74) is 0. The van der Waals surface area contributed by atoms with Crippen LogP contribution in [0.25, 0.3) is 0 Å². The van der Waals surface area contributed by atoms with Crippen molar-refractivity contribution in [1.29, 1.82) is 0 Å². The molecule has 0 aromatic carbocycles. The lowest BCUT2D eigenvalue weighted by Crippen LogP contribution is -2.59. The van der Waals surface area contributed by atoms with E-state index in [0.29, 0.717) is 12.8 Å². The van der Waals surface area contributed by atoms with Gasteiger partial charge >= 0.3 is 11.9 Å². The first-order valence-electron chi connectivity index (χ1n) is 21.2. The summed E-state index contributed by atoms with van der Waals surface area (Å²) in [6.45, 7) is 3.31. The van der Waals surface area contributed by atoms with E-state index in [1.807, 2.05) is 0 Å². The van der Waals surface area contributed by atoms with E-state index in [1.54, 1.807) is 0 Å².